The lowest BCUT2D eigenvalue weighted by Crippen LogP contribution is -2.13. The van der Waals surface area contributed by atoms with E-state index in [0.29, 0.717) is 5.56 Å². The Labute approximate surface area is 115 Å². The molecule has 0 radical (unpaired) electrons. The highest BCUT2D eigenvalue weighted by atomic mass is 16.4. The zero-order valence-corrected chi connectivity index (χ0v) is 10.7. The van der Waals surface area contributed by atoms with Crippen LogP contribution in [0.1, 0.15) is 23.3 Å². The Bertz CT molecular complexity index is 654. The van der Waals surface area contributed by atoms with Crippen molar-refractivity contribution in [1.82, 2.24) is 4.98 Å². The number of hydrogen-bond donors (Lipinski definition) is 3. The maximum atomic E-state index is 11.6. The van der Waals surface area contributed by atoms with Gasteiger partial charge in [0.2, 0.25) is 5.91 Å². The largest absolute Gasteiger partial charge is 0.477 e. The van der Waals surface area contributed by atoms with E-state index in [4.69, 9.17) is 5.11 Å². The van der Waals surface area contributed by atoms with Gasteiger partial charge in [-0.05, 0) is 36.6 Å². The van der Waals surface area contributed by atoms with E-state index < -0.39 is 5.97 Å². The van der Waals surface area contributed by atoms with Crippen molar-refractivity contribution in [2.75, 3.05) is 5.32 Å². The minimum atomic E-state index is -0.990. The molecule has 0 bridgehead atoms. The van der Waals surface area contributed by atoms with Crippen LogP contribution in [0.25, 0.3) is 11.1 Å². The van der Waals surface area contributed by atoms with Crippen LogP contribution in [0.15, 0.2) is 36.5 Å². The van der Waals surface area contributed by atoms with E-state index in [1.165, 1.54) is 0 Å². The lowest BCUT2D eigenvalue weighted by atomic mass is 10.1. The van der Waals surface area contributed by atoms with Crippen LogP contribution in [0.2, 0.25) is 0 Å². The van der Waals surface area contributed by atoms with Gasteiger partial charge < -0.3 is 15.4 Å². The molecule has 2 aromatic rings. The molecule has 1 saturated carbocycles. The molecule has 3 N–H and O–H groups in total. The summed E-state index contributed by atoms with van der Waals surface area (Å²) in [5, 5.41) is 11.9. The number of nitrogens with one attached hydrogen (secondary N) is 2. The second kappa shape index (κ2) is 4.85. The first-order valence-electron chi connectivity index (χ1n) is 6.47. The summed E-state index contributed by atoms with van der Waals surface area (Å²) in [5.74, 6) is -0.764. The monoisotopic (exact) mass is 270 g/mol. The number of H-pyrrole nitrogens is 1. The van der Waals surface area contributed by atoms with Gasteiger partial charge in [-0.15, -0.1) is 0 Å². The molecule has 3 rings (SSSR count). The van der Waals surface area contributed by atoms with Crippen LogP contribution < -0.4 is 5.32 Å². The highest BCUT2D eigenvalue weighted by molar-refractivity contribution is 5.96. The zero-order valence-electron chi connectivity index (χ0n) is 10.7. The number of carbonyl (C=O) groups is 2. The van der Waals surface area contributed by atoms with Crippen LogP contribution in [0.3, 0.4) is 0 Å². The number of carboxylic acids is 1. The van der Waals surface area contributed by atoms with Crippen molar-refractivity contribution in [1.29, 1.82) is 0 Å². The number of aromatic nitrogens is 1. The summed E-state index contributed by atoms with van der Waals surface area (Å²) in [4.78, 5) is 25.4. The third-order valence-electron chi connectivity index (χ3n) is 3.37. The second-order valence-electron chi connectivity index (χ2n) is 4.91. The van der Waals surface area contributed by atoms with E-state index in [1.807, 2.05) is 0 Å². The van der Waals surface area contributed by atoms with Crippen LogP contribution in [-0.4, -0.2) is 22.0 Å². The lowest BCUT2D eigenvalue weighted by Gasteiger charge is -2.06. The van der Waals surface area contributed by atoms with Gasteiger partial charge in [0.15, 0.2) is 0 Å². The Morgan fingerprint density at radius 2 is 1.85 bits per heavy atom. The number of carbonyl (C=O) groups excluding carboxylic acids is 1. The third kappa shape index (κ3) is 2.42. The molecular formula is C15H14N2O3. The normalized spacial score (nSPS) is 14.0. The van der Waals surface area contributed by atoms with Crippen molar-refractivity contribution in [3.63, 3.8) is 0 Å². The number of rotatable bonds is 4. The molecule has 0 saturated heterocycles. The number of carboxylic acid groups (broad SMARTS) is 1. The smallest absolute Gasteiger partial charge is 0.352 e. The average molecular weight is 270 g/mol. The van der Waals surface area contributed by atoms with Crippen molar-refractivity contribution < 1.29 is 14.7 Å². The highest BCUT2D eigenvalue weighted by Gasteiger charge is 2.29. The molecule has 0 unspecified atom stereocenters. The quantitative estimate of drug-likeness (QED) is 0.798. The zero-order chi connectivity index (χ0) is 14.1. The van der Waals surface area contributed by atoms with E-state index >= 15 is 0 Å². The number of anilines is 1. The van der Waals surface area contributed by atoms with Crippen LogP contribution in [-0.2, 0) is 4.79 Å². The van der Waals surface area contributed by atoms with Crippen molar-refractivity contribution in [3.05, 3.63) is 42.2 Å². The minimum absolute atomic E-state index is 0.0608. The van der Waals surface area contributed by atoms with Gasteiger partial charge in [0, 0.05) is 23.4 Å². The Morgan fingerprint density at radius 3 is 2.45 bits per heavy atom. The first-order valence-corrected chi connectivity index (χ1v) is 6.47. The molecule has 1 aromatic heterocycles. The molecule has 0 aliphatic heterocycles. The summed E-state index contributed by atoms with van der Waals surface area (Å²) in [7, 11) is 0. The Balaban J connectivity index is 1.80. The number of hydrogen-bond acceptors (Lipinski definition) is 2. The maximum Gasteiger partial charge on any atom is 0.352 e. The van der Waals surface area contributed by atoms with Crippen molar-refractivity contribution in [2.45, 2.75) is 12.8 Å². The van der Waals surface area contributed by atoms with E-state index in [0.717, 1.165) is 24.1 Å². The predicted octanol–water partition coefficient (Wildman–Crippen LogP) is 2.73. The summed E-state index contributed by atoms with van der Waals surface area (Å²) in [6, 6.07) is 8.90. The molecule has 1 aliphatic carbocycles. The molecule has 5 nitrogen and oxygen atoms in total. The van der Waals surface area contributed by atoms with Gasteiger partial charge in [0.05, 0.1) is 0 Å². The van der Waals surface area contributed by atoms with Gasteiger partial charge in [-0.25, -0.2) is 4.79 Å². The Kier molecular flexibility index (Phi) is 3.02. The average Bonchev–Trinajstić information content (AvgIpc) is 3.17. The van der Waals surface area contributed by atoms with Crippen LogP contribution >= 0.6 is 0 Å². The van der Waals surface area contributed by atoms with E-state index in [-0.39, 0.29) is 17.5 Å². The number of benzene rings is 1. The maximum absolute atomic E-state index is 11.6. The van der Waals surface area contributed by atoms with Gasteiger partial charge in [0.1, 0.15) is 5.69 Å². The first kappa shape index (κ1) is 12.5. The third-order valence-corrected chi connectivity index (χ3v) is 3.37. The van der Waals surface area contributed by atoms with Gasteiger partial charge >= 0.3 is 5.97 Å². The standard InChI is InChI=1S/C15H14N2O3/c18-14(10-1-2-10)17-11-5-3-9(4-6-11)12-7-8-16-13(12)15(19)20/h3-8,10,16H,1-2H2,(H,17,18)(H,19,20). The van der Waals surface area contributed by atoms with Crippen LogP contribution in [0.5, 0.6) is 0 Å². The molecular weight excluding hydrogens is 256 g/mol. The molecule has 1 aliphatic rings. The van der Waals surface area contributed by atoms with Crippen molar-refractivity contribution >= 4 is 17.6 Å². The number of amides is 1. The summed E-state index contributed by atoms with van der Waals surface area (Å²) in [6.07, 6.45) is 3.53. The predicted molar refractivity (Wildman–Crippen MR) is 74.5 cm³/mol. The molecule has 1 amide bonds. The summed E-state index contributed by atoms with van der Waals surface area (Å²) < 4.78 is 0. The molecule has 0 spiro atoms. The summed E-state index contributed by atoms with van der Waals surface area (Å²) in [6.45, 7) is 0. The van der Waals surface area contributed by atoms with E-state index in [2.05, 4.69) is 10.3 Å². The number of aromatic carboxylic acids is 1. The summed E-state index contributed by atoms with van der Waals surface area (Å²) >= 11 is 0. The number of aromatic amines is 1. The lowest BCUT2D eigenvalue weighted by molar-refractivity contribution is -0.117. The summed E-state index contributed by atoms with van der Waals surface area (Å²) in [5.41, 5.74) is 2.34. The van der Waals surface area contributed by atoms with Gasteiger partial charge in [-0.3, -0.25) is 4.79 Å². The van der Waals surface area contributed by atoms with Gasteiger partial charge in [-0.1, -0.05) is 12.1 Å². The molecule has 102 valence electrons. The molecule has 1 aromatic carbocycles. The fourth-order valence-electron chi connectivity index (χ4n) is 2.11. The van der Waals surface area contributed by atoms with E-state index in [1.54, 1.807) is 36.5 Å². The molecule has 20 heavy (non-hydrogen) atoms. The van der Waals surface area contributed by atoms with Gasteiger partial charge in [-0.2, -0.15) is 0 Å². The Morgan fingerprint density at radius 1 is 1.15 bits per heavy atom. The van der Waals surface area contributed by atoms with Crippen LogP contribution in [0.4, 0.5) is 5.69 Å². The second-order valence-corrected chi connectivity index (χ2v) is 4.91. The molecule has 1 fully saturated rings. The fraction of sp³-hybridized carbons (Fsp3) is 0.200. The minimum Gasteiger partial charge on any atom is -0.477 e. The van der Waals surface area contributed by atoms with Gasteiger partial charge in [0.25, 0.3) is 0 Å². The Hall–Kier alpha value is -2.56. The molecule has 0 atom stereocenters. The highest BCUT2D eigenvalue weighted by Crippen LogP contribution is 2.30. The van der Waals surface area contributed by atoms with Crippen LogP contribution in [0, 0.1) is 5.92 Å². The van der Waals surface area contributed by atoms with Crippen molar-refractivity contribution in [2.24, 2.45) is 5.92 Å². The topological polar surface area (TPSA) is 82.2 Å². The van der Waals surface area contributed by atoms with Crippen molar-refractivity contribution in [3.8, 4) is 11.1 Å². The first-order chi connectivity index (χ1) is 9.65. The van der Waals surface area contributed by atoms with E-state index in [9.17, 15) is 9.59 Å². The fourth-order valence-corrected chi connectivity index (χ4v) is 2.11. The SMILES string of the molecule is O=C(O)c1[nH]ccc1-c1ccc(NC(=O)C2CC2)cc1. The molecule has 1 heterocycles. The molecule has 5 heteroatoms.